The van der Waals surface area contributed by atoms with E-state index in [0.29, 0.717) is 5.41 Å². The lowest BCUT2D eigenvalue weighted by Crippen LogP contribution is -2.34. The molecule has 3 rings (SSSR count). The average Bonchev–Trinajstić information content (AvgIpc) is 2.87. The summed E-state index contributed by atoms with van der Waals surface area (Å²) in [5.41, 5.74) is 2.00. The standard InChI is InChI=1S/C13H16BrN/c14-11-4-1-3-10(9-11)13(6-7-13)12-5-2-8-15-12/h1,3-4,9,12,15H,2,5-8H2. The summed E-state index contributed by atoms with van der Waals surface area (Å²) in [4.78, 5) is 0. The Morgan fingerprint density at radius 3 is 2.80 bits per heavy atom. The summed E-state index contributed by atoms with van der Waals surface area (Å²) in [6.45, 7) is 1.21. The molecule has 1 N–H and O–H groups in total. The monoisotopic (exact) mass is 265 g/mol. The van der Waals surface area contributed by atoms with E-state index in [0.717, 1.165) is 6.04 Å². The molecule has 1 saturated carbocycles. The van der Waals surface area contributed by atoms with Crippen LogP contribution in [-0.4, -0.2) is 12.6 Å². The highest BCUT2D eigenvalue weighted by Crippen LogP contribution is 2.53. The van der Waals surface area contributed by atoms with Crippen molar-refractivity contribution in [3.05, 3.63) is 34.3 Å². The third-order valence-corrected chi connectivity index (χ3v) is 4.41. The van der Waals surface area contributed by atoms with E-state index < -0.39 is 0 Å². The van der Waals surface area contributed by atoms with Crippen molar-refractivity contribution in [2.75, 3.05) is 6.54 Å². The normalized spacial score (nSPS) is 27.9. The smallest absolute Gasteiger partial charge is 0.0178 e. The fourth-order valence-corrected chi connectivity index (χ4v) is 3.33. The van der Waals surface area contributed by atoms with Crippen molar-refractivity contribution < 1.29 is 0 Å². The Labute approximate surface area is 99.4 Å². The number of nitrogens with one attached hydrogen (secondary N) is 1. The summed E-state index contributed by atoms with van der Waals surface area (Å²) in [5, 5.41) is 3.66. The molecule has 1 atom stereocenters. The van der Waals surface area contributed by atoms with Gasteiger partial charge in [-0.15, -0.1) is 0 Å². The molecule has 1 nitrogen and oxygen atoms in total. The minimum atomic E-state index is 0.473. The minimum absolute atomic E-state index is 0.473. The van der Waals surface area contributed by atoms with Crippen LogP contribution in [-0.2, 0) is 5.41 Å². The van der Waals surface area contributed by atoms with Gasteiger partial charge in [0.2, 0.25) is 0 Å². The zero-order valence-electron chi connectivity index (χ0n) is 8.80. The van der Waals surface area contributed by atoms with Crippen molar-refractivity contribution in [3.8, 4) is 0 Å². The van der Waals surface area contributed by atoms with Crippen LogP contribution in [0.4, 0.5) is 0 Å². The van der Waals surface area contributed by atoms with Crippen LogP contribution in [0.1, 0.15) is 31.2 Å². The Balaban J connectivity index is 1.92. The quantitative estimate of drug-likeness (QED) is 0.866. The number of hydrogen-bond acceptors (Lipinski definition) is 1. The Morgan fingerprint density at radius 2 is 2.20 bits per heavy atom. The SMILES string of the molecule is Brc1cccc(C2(C3CCCN3)CC2)c1. The van der Waals surface area contributed by atoms with Gasteiger partial charge in [-0.3, -0.25) is 0 Å². The lowest BCUT2D eigenvalue weighted by molar-refractivity contribution is 0.472. The fourth-order valence-electron chi connectivity index (χ4n) is 2.93. The molecule has 15 heavy (non-hydrogen) atoms. The van der Waals surface area contributed by atoms with E-state index in [-0.39, 0.29) is 0 Å². The van der Waals surface area contributed by atoms with E-state index in [1.165, 1.54) is 42.3 Å². The molecule has 2 heteroatoms. The van der Waals surface area contributed by atoms with Gasteiger partial charge in [-0.05, 0) is 49.9 Å². The number of benzene rings is 1. The zero-order valence-corrected chi connectivity index (χ0v) is 10.4. The number of rotatable bonds is 2. The highest BCUT2D eigenvalue weighted by Gasteiger charge is 2.51. The molecule has 0 bridgehead atoms. The molecule has 2 aliphatic rings. The van der Waals surface area contributed by atoms with Crippen LogP contribution in [0.3, 0.4) is 0 Å². The summed E-state index contributed by atoms with van der Waals surface area (Å²) in [7, 11) is 0. The summed E-state index contributed by atoms with van der Waals surface area (Å²) >= 11 is 3.57. The van der Waals surface area contributed by atoms with Crippen molar-refractivity contribution in [1.29, 1.82) is 0 Å². The molecular weight excluding hydrogens is 250 g/mol. The van der Waals surface area contributed by atoms with E-state index in [9.17, 15) is 0 Å². The summed E-state index contributed by atoms with van der Waals surface area (Å²) < 4.78 is 1.21. The Kier molecular flexibility index (Phi) is 2.37. The molecule has 0 amide bonds. The molecule has 1 unspecified atom stereocenters. The number of halogens is 1. The largest absolute Gasteiger partial charge is 0.313 e. The fraction of sp³-hybridized carbons (Fsp3) is 0.538. The minimum Gasteiger partial charge on any atom is -0.313 e. The molecule has 1 aliphatic heterocycles. The molecule has 1 aliphatic carbocycles. The van der Waals surface area contributed by atoms with E-state index in [2.05, 4.69) is 45.5 Å². The Morgan fingerprint density at radius 1 is 1.33 bits per heavy atom. The van der Waals surface area contributed by atoms with Gasteiger partial charge in [0, 0.05) is 15.9 Å². The van der Waals surface area contributed by atoms with Gasteiger partial charge >= 0.3 is 0 Å². The molecular formula is C13H16BrN. The second-order valence-electron chi connectivity index (χ2n) is 4.82. The molecule has 1 aromatic rings. The zero-order chi connectivity index (χ0) is 10.3. The van der Waals surface area contributed by atoms with Crippen LogP contribution in [0.15, 0.2) is 28.7 Å². The predicted octanol–water partition coefficient (Wildman–Crippen LogP) is 3.23. The van der Waals surface area contributed by atoms with Gasteiger partial charge in [-0.2, -0.15) is 0 Å². The summed E-state index contributed by atoms with van der Waals surface area (Å²) in [6, 6.07) is 9.59. The molecule has 1 aromatic carbocycles. The lowest BCUT2D eigenvalue weighted by atomic mass is 9.87. The van der Waals surface area contributed by atoms with Gasteiger partial charge in [0.25, 0.3) is 0 Å². The van der Waals surface area contributed by atoms with E-state index in [1.54, 1.807) is 0 Å². The van der Waals surface area contributed by atoms with Gasteiger partial charge in [-0.1, -0.05) is 28.1 Å². The van der Waals surface area contributed by atoms with Crippen LogP contribution in [0.2, 0.25) is 0 Å². The third kappa shape index (κ3) is 1.64. The first-order valence-electron chi connectivity index (χ1n) is 5.81. The average molecular weight is 266 g/mol. The molecule has 2 fully saturated rings. The van der Waals surface area contributed by atoms with Gasteiger partial charge in [0.05, 0.1) is 0 Å². The van der Waals surface area contributed by atoms with Crippen LogP contribution < -0.4 is 5.32 Å². The second-order valence-corrected chi connectivity index (χ2v) is 5.73. The van der Waals surface area contributed by atoms with Crippen LogP contribution in [0, 0.1) is 0 Å². The van der Waals surface area contributed by atoms with Gasteiger partial charge in [0.1, 0.15) is 0 Å². The lowest BCUT2D eigenvalue weighted by Gasteiger charge is -2.23. The molecule has 0 spiro atoms. The predicted molar refractivity (Wildman–Crippen MR) is 66.1 cm³/mol. The Bertz CT molecular complexity index is 365. The van der Waals surface area contributed by atoms with Crippen molar-refractivity contribution >= 4 is 15.9 Å². The summed E-state index contributed by atoms with van der Waals surface area (Å²) in [6.07, 6.45) is 5.43. The van der Waals surface area contributed by atoms with Crippen LogP contribution in [0.25, 0.3) is 0 Å². The van der Waals surface area contributed by atoms with Crippen molar-refractivity contribution in [3.63, 3.8) is 0 Å². The maximum absolute atomic E-state index is 3.66. The Hall–Kier alpha value is -0.340. The molecule has 0 aromatic heterocycles. The maximum Gasteiger partial charge on any atom is 0.0178 e. The van der Waals surface area contributed by atoms with Crippen molar-refractivity contribution in [1.82, 2.24) is 5.32 Å². The van der Waals surface area contributed by atoms with E-state index in [1.807, 2.05) is 0 Å². The first-order chi connectivity index (χ1) is 7.31. The van der Waals surface area contributed by atoms with Gasteiger partial charge < -0.3 is 5.32 Å². The summed E-state index contributed by atoms with van der Waals surface area (Å²) in [5.74, 6) is 0. The third-order valence-electron chi connectivity index (χ3n) is 3.92. The highest BCUT2D eigenvalue weighted by molar-refractivity contribution is 9.10. The second kappa shape index (κ2) is 3.60. The molecule has 1 saturated heterocycles. The molecule has 0 radical (unpaired) electrons. The van der Waals surface area contributed by atoms with Crippen LogP contribution in [0.5, 0.6) is 0 Å². The maximum atomic E-state index is 3.66. The van der Waals surface area contributed by atoms with Gasteiger partial charge in [-0.25, -0.2) is 0 Å². The van der Waals surface area contributed by atoms with Crippen LogP contribution >= 0.6 is 15.9 Å². The molecule has 1 heterocycles. The highest BCUT2D eigenvalue weighted by atomic mass is 79.9. The first kappa shape index (κ1) is 9.86. The molecule has 80 valence electrons. The first-order valence-corrected chi connectivity index (χ1v) is 6.60. The number of hydrogen-bond donors (Lipinski definition) is 1. The van der Waals surface area contributed by atoms with E-state index in [4.69, 9.17) is 0 Å². The van der Waals surface area contributed by atoms with Crippen molar-refractivity contribution in [2.24, 2.45) is 0 Å². The van der Waals surface area contributed by atoms with Gasteiger partial charge in [0.15, 0.2) is 0 Å². The van der Waals surface area contributed by atoms with Crippen molar-refractivity contribution in [2.45, 2.75) is 37.1 Å². The topological polar surface area (TPSA) is 12.0 Å². The van der Waals surface area contributed by atoms with E-state index >= 15 is 0 Å².